The zero-order chi connectivity index (χ0) is 18.7. The molecule has 7 heteroatoms. The molecular weight excluding hydrogens is 352 g/mol. The molecule has 0 aromatic heterocycles. The van der Waals surface area contributed by atoms with Crippen molar-refractivity contribution in [1.82, 2.24) is 4.72 Å². The Bertz CT molecular complexity index is 925. The molecule has 0 saturated carbocycles. The van der Waals surface area contributed by atoms with Gasteiger partial charge in [-0.3, -0.25) is 4.79 Å². The van der Waals surface area contributed by atoms with Crippen molar-refractivity contribution in [2.45, 2.75) is 31.2 Å². The standard InChI is InChI=1S/C19H22N2O4S/c1-3-19(22)21-11-10-14-12-16(8-9-17(14)21)26(23,24)20-13-15-6-4-5-7-18(15)25-2/h4-9,12,20H,3,10-11,13H2,1-2H3. The fraction of sp³-hybridized carbons (Fsp3) is 0.316. The molecule has 1 N–H and O–H groups in total. The quantitative estimate of drug-likeness (QED) is 0.843. The molecule has 1 amide bonds. The number of nitrogens with one attached hydrogen (secondary N) is 1. The second-order valence-corrected chi connectivity index (χ2v) is 7.84. The van der Waals surface area contributed by atoms with Gasteiger partial charge < -0.3 is 9.64 Å². The van der Waals surface area contributed by atoms with Gasteiger partial charge in [0.15, 0.2) is 0 Å². The van der Waals surface area contributed by atoms with Crippen LogP contribution in [0, 0.1) is 0 Å². The maximum Gasteiger partial charge on any atom is 0.240 e. The van der Waals surface area contributed by atoms with Crippen LogP contribution < -0.4 is 14.4 Å². The maximum atomic E-state index is 12.6. The highest BCUT2D eigenvalue weighted by Crippen LogP contribution is 2.30. The first-order chi connectivity index (χ1) is 12.5. The van der Waals surface area contributed by atoms with Crippen molar-refractivity contribution < 1.29 is 17.9 Å². The van der Waals surface area contributed by atoms with E-state index in [1.807, 2.05) is 25.1 Å². The number of fused-ring (bicyclic) bond motifs is 1. The minimum absolute atomic E-state index is 0.0497. The number of carbonyl (C=O) groups is 1. The van der Waals surface area contributed by atoms with E-state index in [-0.39, 0.29) is 17.3 Å². The van der Waals surface area contributed by atoms with Gasteiger partial charge in [0.1, 0.15) is 5.75 Å². The molecule has 2 aromatic carbocycles. The zero-order valence-corrected chi connectivity index (χ0v) is 15.7. The minimum atomic E-state index is -3.66. The lowest BCUT2D eigenvalue weighted by Gasteiger charge is -2.16. The van der Waals surface area contributed by atoms with E-state index in [1.165, 1.54) is 0 Å². The number of ether oxygens (including phenoxy) is 1. The van der Waals surface area contributed by atoms with Crippen molar-refractivity contribution in [2.24, 2.45) is 0 Å². The number of amides is 1. The fourth-order valence-electron chi connectivity index (χ4n) is 3.10. The molecule has 0 bridgehead atoms. The SMILES string of the molecule is CCC(=O)N1CCc2cc(S(=O)(=O)NCc3ccccc3OC)ccc21. The summed E-state index contributed by atoms with van der Waals surface area (Å²) in [6, 6.07) is 12.2. The zero-order valence-electron chi connectivity index (χ0n) is 14.9. The molecule has 0 saturated heterocycles. The molecule has 0 unspecified atom stereocenters. The molecule has 138 valence electrons. The van der Waals surface area contributed by atoms with Crippen molar-refractivity contribution in [1.29, 1.82) is 0 Å². The number of methoxy groups -OCH3 is 1. The fourth-order valence-corrected chi connectivity index (χ4v) is 4.16. The van der Waals surface area contributed by atoms with Crippen LogP contribution in [0.3, 0.4) is 0 Å². The first-order valence-electron chi connectivity index (χ1n) is 8.51. The summed E-state index contributed by atoms with van der Waals surface area (Å²) in [4.78, 5) is 13.9. The van der Waals surface area contributed by atoms with Gasteiger partial charge in [-0.05, 0) is 36.2 Å². The third-order valence-corrected chi connectivity index (χ3v) is 5.90. The molecule has 0 spiro atoms. The first kappa shape index (κ1) is 18.4. The van der Waals surface area contributed by atoms with Gasteiger partial charge in [0.2, 0.25) is 15.9 Å². The average Bonchev–Trinajstić information content (AvgIpc) is 3.09. The summed E-state index contributed by atoms with van der Waals surface area (Å²) >= 11 is 0. The normalized spacial score (nSPS) is 13.5. The highest BCUT2D eigenvalue weighted by molar-refractivity contribution is 7.89. The highest BCUT2D eigenvalue weighted by Gasteiger charge is 2.25. The predicted octanol–water partition coefficient (Wildman–Crippen LogP) is 2.47. The minimum Gasteiger partial charge on any atom is -0.496 e. The Balaban J connectivity index is 1.79. The number of rotatable bonds is 6. The van der Waals surface area contributed by atoms with Crippen molar-refractivity contribution >= 4 is 21.6 Å². The monoisotopic (exact) mass is 374 g/mol. The van der Waals surface area contributed by atoms with E-state index in [0.717, 1.165) is 16.8 Å². The van der Waals surface area contributed by atoms with Crippen LogP contribution in [-0.2, 0) is 27.8 Å². The summed E-state index contributed by atoms with van der Waals surface area (Å²) in [5, 5.41) is 0. The number of hydrogen-bond acceptors (Lipinski definition) is 4. The van der Waals surface area contributed by atoms with E-state index in [2.05, 4.69) is 4.72 Å². The largest absolute Gasteiger partial charge is 0.496 e. The van der Waals surface area contributed by atoms with Crippen LogP contribution in [0.4, 0.5) is 5.69 Å². The van der Waals surface area contributed by atoms with E-state index in [9.17, 15) is 13.2 Å². The summed E-state index contributed by atoms with van der Waals surface area (Å²) in [5.41, 5.74) is 2.45. The van der Waals surface area contributed by atoms with Crippen LogP contribution in [0.25, 0.3) is 0 Å². The Labute approximate surface area is 153 Å². The van der Waals surface area contributed by atoms with E-state index < -0.39 is 10.0 Å². The average molecular weight is 374 g/mol. The Morgan fingerprint density at radius 1 is 1.23 bits per heavy atom. The summed E-state index contributed by atoms with van der Waals surface area (Å²) < 4.78 is 33.2. The van der Waals surface area contributed by atoms with Crippen LogP contribution in [0.15, 0.2) is 47.4 Å². The third kappa shape index (κ3) is 3.59. The molecule has 26 heavy (non-hydrogen) atoms. The molecule has 1 heterocycles. The van der Waals surface area contributed by atoms with Gasteiger partial charge in [-0.25, -0.2) is 13.1 Å². The number of benzene rings is 2. The number of nitrogens with zero attached hydrogens (tertiary/aromatic N) is 1. The van der Waals surface area contributed by atoms with Gasteiger partial charge in [0, 0.05) is 30.8 Å². The van der Waals surface area contributed by atoms with Gasteiger partial charge in [-0.1, -0.05) is 25.1 Å². The molecule has 0 aliphatic carbocycles. The number of anilines is 1. The molecule has 2 aromatic rings. The van der Waals surface area contributed by atoms with Crippen molar-refractivity contribution in [3.63, 3.8) is 0 Å². The van der Waals surface area contributed by atoms with Crippen LogP contribution >= 0.6 is 0 Å². The molecule has 0 atom stereocenters. The maximum absolute atomic E-state index is 12.6. The summed E-state index contributed by atoms with van der Waals surface area (Å²) in [6.07, 6.45) is 1.09. The van der Waals surface area contributed by atoms with Gasteiger partial charge in [0.25, 0.3) is 0 Å². The number of hydrogen-bond donors (Lipinski definition) is 1. The van der Waals surface area contributed by atoms with E-state index in [1.54, 1.807) is 36.3 Å². The summed E-state index contributed by atoms with van der Waals surface area (Å²) in [7, 11) is -2.10. The van der Waals surface area contributed by atoms with Crippen molar-refractivity contribution in [3.05, 3.63) is 53.6 Å². The van der Waals surface area contributed by atoms with Crippen LogP contribution in [0.1, 0.15) is 24.5 Å². The number of para-hydroxylation sites is 1. The third-order valence-electron chi connectivity index (χ3n) is 4.51. The first-order valence-corrected chi connectivity index (χ1v) is 9.99. The predicted molar refractivity (Wildman–Crippen MR) is 99.8 cm³/mol. The lowest BCUT2D eigenvalue weighted by atomic mass is 10.2. The Morgan fingerprint density at radius 3 is 2.73 bits per heavy atom. The molecule has 1 aliphatic heterocycles. The van der Waals surface area contributed by atoms with E-state index >= 15 is 0 Å². The Kier molecular flexibility index (Phi) is 5.29. The topological polar surface area (TPSA) is 75.7 Å². The Morgan fingerprint density at radius 2 is 2.00 bits per heavy atom. The number of sulfonamides is 1. The van der Waals surface area contributed by atoms with Crippen molar-refractivity contribution in [3.8, 4) is 5.75 Å². The molecule has 1 aliphatic rings. The lowest BCUT2D eigenvalue weighted by Crippen LogP contribution is -2.27. The van der Waals surface area contributed by atoms with Gasteiger partial charge in [-0.2, -0.15) is 0 Å². The highest BCUT2D eigenvalue weighted by atomic mass is 32.2. The van der Waals surface area contributed by atoms with Gasteiger partial charge in [0.05, 0.1) is 12.0 Å². The van der Waals surface area contributed by atoms with E-state index in [4.69, 9.17) is 4.74 Å². The van der Waals surface area contributed by atoms with Crippen molar-refractivity contribution in [2.75, 3.05) is 18.6 Å². The smallest absolute Gasteiger partial charge is 0.240 e. The number of carbonyl (C=O) groups excluding carboxylic acids is 1. The molecule has 0 fully saturated rings. The van der Waals surface area contributed by atoms with Crippen LogP contribution in [-0.4, -0.2) is 28.0 Å². The lowest BCUT2D eigenvalue weighted by molar-refractivity contribution is -0.118. The second kappa shape index (κ2) is 7.47. The Hall–Kier alpha value is -2.38. The van der Waals surface area contributed by atoms with Gasteiger partial charge in [-0.15, -0.1) is 0 Å². The molecule has 3 rings (SSSR count). The van der Waals surface area contributed by atoms with Crippen LogP contribution in [0.5, 0.6) is 5.75 Å². The molecule has 0 radical (unpaired) electrons. The van der Waals surface area contributed by atoms with E-state index in [0.29, 0.717) is 25.1 Å². The summed E-state index contributed by atoms with van der Waals surface area (Å²) in [6.45, 7) is 2.56. The summed E-state index contributed by atoms with van der Waals surface area (Å²) in [5.74, 6) is 0.687. The van der Waals surface area contributed by atoms with Gasteiger partial charge >= 0.3 is 0 Å². The molecule has 6 nitrogen and oxygen atoms in total. The molecular formula is C19H22N2O4S. The van der Waals surface area contributed by atoms with Crippen LogP contribution in [0.2, 0.25) is 0 Å². The second-order valence-electron chi connectivity index (χ2n) is 6.08.